The zero-order valence-corrected chi connectivity index (χ0v) is 19.3. The highest BCUT2D eigenvalue weighted by atomic mass is 35.5. The SMILES string of the molecule is Cc1cc([C@@H]2CN(c3nc(-c4ccc(Cl)cc4F)c4nc(C)c(C)nc4n3)CCO2)ccn1. The van der Waals surface area contributed by atoms with E-state index in [9.17, 15) is 4.39 Å². The highest BCUT2D eigenvalue weighted by molar-refractivity contribution is 6.30. The zero-order valence-electron chi connectivity index (χ0n) is 18.5. The van der Waals surface area contributed by atoms with Crippen LogP contribution in [0, 0.1) is 26.6 Å². The summed E-state index contributed by atoms with van der Waals surface area (Å²) in [5.74, 6) is -0.0101. The molecule has 0 aliphatic carbocycles. The monoisotopic (exact) mass is 464 g/mol. The summed E-state index contributed by atoms with van der Waals surface area (Å²) >= 11 is 5.98. The van der Waals surface area contributed by atoms with Crippen molar-refractivity contribution in [3.05, 3.63) is 70.0 Å². The Bertz CT molecular complexity index is 1360. The van der Waals surface area contributed by atoms with Crippen LogP contribution in [0.2, 0.25) is 5.02 Å². The van der Waals surface area contributed by atoms with Crippen molar-refractivity contribution in [3.8, 4) is 11.3 Å². The molecule has 0 spiro atoms. The minimum absolute atomic E-state index is 0.152. The summed E-state index contributed by atoms with van der Waals surface area (Å²) in [6, 6.07) is 8.49. The van der Waals surface area contributed by atoms with Gasteiger partial charge in [-0.25, -0.2) is 19.3 Å². The second kappa shape index (κ2) is 8.61. The van der Waals surface area contributed by atoms with Gasteiger partial charge < -0.3 is 9.64 Å². The van der Waals surface area contributed by atoms with Crippen molar-refractivity contribution < 1.29 is 9.13 Å². The van der Waals surface area contributed by atoms with Crippen molar-refractivity contribution in [2.24, 2.45) is 0 Å². The summed E-state index contributed by atoms with van der Waals surface area (Å²) in [7, 11) is 0. The second-order valence-corrected chi connectivity index (χ2v) is 8.54. The number of aryl methyl sites for hydroxylation is 3. The van der Waals surface area contributed by atoms with Crippen molar-refractivity contribution in [2.75, 3.05) is 24.6 Å². The normalized spacial score (nSPS) is 16.4. The van der Waals surface area contributed by atoms with E-state index in [2.05, 4.69) is 15.0 Å². The molecule has 7 nitrogen and oxygen atoms in total. The average Bonchev–Trinajstić information content (AvgIpc) is 2.80. The Morgan fingerprint density at radius 2 is 1.85 bits per heavy atom. The molecule has 0 bridgehead atoms. The van der Waals surface area contributed by atoms with Gasteiger partial charge in [0.05, 0.1) is 24.5 Å². The topological polar surface area (TPSA) is 76.9 Å². The molecule has 1 aliphatic rings. The van der Waals surface area contributed by atoms with Gasteiger partial charge in [-0.2, -0.15) is 4.98 Å². The first kappa shape index (κ1) is 21.6. The molecule has 33 heavy (non-hydrogen) atoms. The molecule has 3 aromatic heterocycles. The number of hydrogen-bond donors (Lipinski definition) is 0. The van der Waals surface area contributed by atoms with Crippen LogP contribution in [-0.4, -0.2) is 44.6 Å². The summed E-state index contributed by atoms with van der Waals surface area (Å²) < 4.78 is 20.9. The number of aromatic nitrogens is 5. The second-order valence-electron chi connectivity index (χ2n) is 8.10. The maximum absolute atomic E-state index is 14.9. The lowest BCUT2D eigenvalue weighted by molar-refractivity contribution is 0.0391. The molecule has 1 fully saturated rings. The van der Waals surface area contributed by atoms with Crippen molar-refractivity contribution >= 4 is 28.7 Å². The standard InChI is InChI=1S/C24H22ClFN6O/c1-13-10-16(6-7-27-13)20-12-32(8-9-33-20)24-30-21(18-5-4-17(25)11-19(18)26)22-23(31-24)29-15(3)14(2)28-22/h4-7,10-11,20H,8-9,12H2,1-3H3/t20-/m0/s1. The van der Waals surface area contributed by atoms with E-state index in [1.807, 2.05) is 37.8 Å². The molecule has 0 saturated carbocycles. The van der Waals surface area contributed by atoms with Crippen LogP contribution in [-0.2, 0) is 4.74 Å². The molecule has 168 valence electrons. The van der Waals surface area contributed by atoms with E-state index in [0.717, 1.165) is 22.6 Å². The molecule has 0 radical (unpaired) electrons. The quantitative estimate of drug-likeness (QED) is 0.432. The molecule has 1 saturated heterocycles. The molecule has 4 heterocycles. The lowest BCUT2D eigenvalue weighted by Gasteiger charge is -2.33. The molecule has 0 unspecified atom stereocenters. The first-order valence-corrected chi connectivity index (χ1v) is 11.0. The minimum Gasteiger partial charge on any atom is -0.370 e. The van der Waals surface area contributed by atoms with Gasteiger partial charge in [0.25, 0.3) is 0 Å². The summed E-state index contributed by atoms with van der Waals surface area (Å²) in [6.07, 6.45) is 1.63. The fourth-order valence-corrected chi connectivity index (χ4v) is 4.07. The summed E-state index contributed by atoms with van der Waals surface area (Å²) in [4.78, 5) is 25.0. The first-order valence-electron chi connectivity index (χ1n) is 10.7. The Labute approximate surface area is 195 Å². The first-order chi connectivity index (χ1) is 15.9. The van der Waals surface area contributed by atoms with Crippen LogP contribution >= 0.6 is 11.6 Å². The van der Waals surface area contributed by atoms with Crippen LogP contribution in [0.1, 0.15) is 28.7 Å². The lowest BCUT2D eigenvalue weighted by Crippen LogP contribution is -2.39. The van der Waals surface area contributed by atoms with E-state index in [1.165, 1.54) is 6.07 Å². The Morgan fingerprint density at radius 3 is 2.64 bits per heavy atom. The number of halogens is 2. The number of fused-ring (bicyclic) bond motifs is 1. The van der Waals surface area contributed by atoms with Crippen molar-refractivity contribution in [3.63, 3.8) is 0 Å². The van der Waals surface area contributed by atoms with Gasteiger partial charge in [-0.05, 0) is 56.7 Å². The molecular weight excluding hydrogens is 443 g/mol. The highest BCUT2D eigenvalue weighted by Crippen LogP contribution is 2.32. The third-order valence-corrected chi connectivity index (χ3v) is 5.99. The van der Waals surface area contributed by atoms with Crippen molar-refractivity contribution in [1.29, 1.82) is 0 Å². The van der Waals surface area contributed by atoms with Crippen molar-refractivity contribution in [1.82, 2.24) is 24.9 Å². The number of hydrogen-bond acceptors (Lipinski definition) is 7. The third kappa shape index (κ3) is 4.24. The molecule has 5 rings (SSSR count). The van der Waals surface area contributed by atoms with Gasteiger partial charge >= 0.3 is 0 Å². The average molecular weight is 465 g/mol. The van der Waals surface area contributed by atoms with E-state index in [4.69, 9.17) is 26.3 Å². The van der Waals surface area contributed by atoms with Crippen LogP contribution < -0.4 is 4.90 Å². The van der Waals surface area contributed by atoms with Gasteiger partial charge in [0.2, 0.25) is 5.95 Å². The number of morpholine rings is 1. The molecule has 9 heteroatoms. The predicted molar refractivity (Wildman–Crippen MR) is 125 cm³/mol. The number of nitrogens with zero attached hydrogens (tertiary/aromatic N) is 6. The van der Waals surface area contributed by atoms with E-state index in [1.54, 1.807) is 18.3 Å². The largest absolute Gasteiger partial charge is 0.370 e. The molecule has 0 amide bonds. The van der Waals surface area contributed by atoms with Crippen LogP contribution in [0.25, 0.3) is 22.4 Å². The number of pyridine rings is 1. The molecule has 1 atom stereocenters. The highest BCUT2D eigenvalue weighted by Gasteiger charge is 2.26. The van der Waals surface area contributed by atoms with E-state index < -0.39 is 5.82 Å². The molecule has 0 N–H and O–H groups in total. The summed E-state index contributed by atoms with van der Waals surface area (Å²) in [6.45, 7) is 7.36. The van der Waals surface area contributed by atoms with Crippen LogP contribution in [0.4, 0.5) is 10.3 Å². The van der Waals surface area contributed by atoms with E-state index >= 15 is 0 Å². The third-order valence-electron chi connectivity index (χ3n) is 5.76. The molecular formula is C24H22ClFN6O. The van der Waals surface area contributed by atoms with Gasteiger partial charge in [0, 0.05) is 29.0 Å². The summed E-state index contributed by atoms with van der Waals surface area (Å²) in [5.41, 5.74) is 5.06. The smallest absolute Gasteiger partial charge is 0.228 e. The Kier molecular flexibility index (Phi) is 5.64. The lowest BCUT2D eigenvalue weighted by atomic mass is 10.1. The molecule has 1 aromatic carbocycles. The van der Waals surface area contributed by atoms with E-state index in [-0.39, 0.29) is 6.10 Å². The maximum atomic E-state index is 14.9. The molecule has 1 aliphatic heterocycles. The zero-order chi connectivity index (χ0) is 23.1. The van der Waals surface area contributed by atoms with Gasteiger partial charge in [0.15, 0.2) is 5.65 Å². The summed E-state index contributed by atoms with van der Waals surface area (Å²) in [5, 5.41) is 0.316. The molecule has 4 aromatic rings. The maximum Gasteiger partial charge on any atom is 0.228 e. The van der Waals surface area contributed by atoms with Gasteiger partial charge in [-0.1, -0.05) is 11.6 Å². The fraction of sp³-hybridized carbons (Fsp3) is 0.292. The van der Waals surface area contributed by atoms with Gasteiger partial charge in [-0.3, -0.25) is 4.98 Å². The number of benzene rings is 1. The Hall–Kier alpha value is -3.23. The van der Waals surface area contributed by atoms with Crippen molar-refractivity contribution in [2.45, 2.75) is 26.9 Å². The Morgan fingerprint density at radius 1 is 1.03 bits per heavy atom. The van der Waals surface area contributed by atoms with E-state index in [0.29, 0.717) is 53.1 Å². The Balaban J connectivity index is 1.62. The van der Waals surface area contributed by atoms with Crippen LogP contribution in [0.5, 0.6) is 0 Å². The fourth-order valence-electron chi connectivity index (χ4n) is 3.91. The van der Waals surface area contributed by atoms with Gasteiger partial charge in [0.1, 0.15) is 23.1 Å². The number of anilines is 1. The van der Waals surface area contributed by atoms with Gasteiger partial charge in [-0.15, -0.1) is 0 Å². The van der Waals surface area contributed by atoms with Crippen LogP contribution in [0.3, 0.4) is 0 Å². The number of ether oxygens (including phenoxy) is 1. The number of rotatable bonds is 3. The predicted octanol–water partition coefficient (Wildman–Crippen LogP) is 4.78. The minimum atomic E-state index is -0.472. The van der Waals surface area contributed by atoms with Crippen LogP contribution in [0.15, 0.2) is 36.5 Å².